The highest BCUT2D eigenvalue weighted by Crippen LogP contribution is 2.47. The number of fused-ring (bicyclic) bond motifs is 4. The molecule has 3 aliphatic rings. The van der Waals surface area contributed by atoms with Gasteiger partial charge in [0.25, 0.3) is 0 Å². The molecule has 1 N–H and O–H groups in total. The molecule has 3 aromatic carbocycles. The topological polar surface area (TPSA) is 77.8 Å². The molecule has 3 heterocycles. The molecule has 2 atom stereocenters. The van der Waals surface area contributed by atoms with E-state index in [2.05, 4.69) is 9.89 Å². The molecule has 1 saturated heterocycles. The molecule has 2 unspecified atom stereocenters. The number of benzene rings is 3. The van der Waals surface area contributed by atoms with Crippen LogP contribution in [0.1, 0.15) is 29.2 Å². The van der Waals surface area contributed by atoms with Crippen LogP contribution in [0.5, 0.6) is 11.5 Å². The Labute approximate surface area is 239 Å². The van der Waals surface area contributed by atoms with Gasteiger partial charge in [-0.15, -0.1) is 0 Å². The summed E-state index contributed by atoms with van der Waals surface area (Å²) >= 11 is 0. The largest absolute Gasteiger partial charge is 0.496 e. The van der Waals surface area contributed by atoms with E-state index in [-0.39, 0.29) is 34.7 Å². The average Bonchev–Trinajstić information content (AvgIpc) is 3.34. The third-order valence-corrected chi connectivity index (χ3v) is 8.09. The molecular formula is C30H28F4N4O4. The number of guanidine groups is 1. The molecule has 0 bridgehead atoms. The van der Waals surface area contributed by atoms with Gasteiger partial charge in [0.1, 0.15) is 23.0 Å². The van der Waals surface area contributed by atoms with Gasteiger partial charge in [0.05, 0.1) is 44.0 Å². The molecule has 0 spiro atoms. The Balaban J connectivity index is 1.49. The van der Waals surface area contributed by atoms with Gasteiger partial charge in [-0.25, -0.2) is 9.38 Å². The van der Waals surface area contributed by atoms with E-state index in [0.29, 0.717) is 26.1 Å². The molecule has 0 aromatic heterocycles. The van der Waals surface area contributed by atoms with Crippen molar-refractivity contribution < 1.29 is 36.9 Å². The number of hydrogen-bond donors (Lipinski definition) is 1. The lowest BCUT2D eigenvalue weighted by molar-refractivity contribution is -0.138. The molecule has 3 aliphatic heterocycles. The van der Waals surface area contributed by atoms with E-state index >= 15 is 4.39 Å². The second-order valence-electron chi connectivity index (χ2n) is 10.4. The van der Waals surface area contributed by atoms with Crippen LogP contribution >= 0.6 is 0 Å². The van der Waals surface area contributed by atoms with E-state index in [9.17, 15) is 23.1 Å². The minimum Gasteiger partial charge on any atom is -0.496 e. The van der Waals surface area contributed by atoms with Gasteiger partial charge in [0, 0.05) is 42.9 Å². The van der Waals surface area contributed by atoms with Gasteiger partial charge in [-0.1, -0.05) is 18.2 Å². The fourth-order valence-corrected chi connectivity index (χ4v) is 6.26. The number of halogens is 4. The maximum atomic E-state index is 15.2. The number of nitrogens with zero attached hydrogens (tertiary/aromatic N) is 4. The molecule has 220 valence electrons. The van der Waals surface area contributed by atoms with Crippen molar-refractivity contribution in [1.82, 2.24) is 4.90 Å². The van der Waals surface area contributed by atoms with Gasteiger partial charge < -0.3 is 29.3 Å². The molecule has 3 aromatic rings. The van der Waals surface area contributed by atoms with Crippen LogP contribution in [-0.2, 0) is 17.4 Å². The number of para-hydroxylation sites is 1. The Hall–Kier alpha value is -4.48. The zero-order chi connectivity index (χ0) is 29.8. The quantitative estimate of drug-likeness (QED) is 0.390. The second-order valence-corrected chi connectivity index (χ2v) is 10.4. The highest BCUT2D eigenvalue weighted by Gasteiger charge is 2.43. The smallest absolute Gasteiger partial charge is 0.416 e. The summed E-state index contributed by atoms with van der Waals surface area (Å²) in [7, 11) is 2.94. The van der Waals surface area contributed by atoms with Gasteiger partial charge in [0.15, 0.2) is 0 Å². The maximum Gasteiger partial charge on any atom is 0.416 e. The molecule has 6 rings (SSSR count). The summed E-state index contributed by atoms with van der Waals surface area (Å²) in [6.07, 6.45) is -4.51. The molecular weight excluding hydrogens is 556 g/mol. The van der Waals surface area contributed by atoms with E-state index in [0.717, 1.165) is 29.1 Å². The van der Waals surface area contributed by atoms with Crippen molar-refractivity contribution in [1.29, 1.82) is 0 Å². The minimum absolute atomic E-state index is 0.00829. The standard InChI is InChI=1S/C30H28F4N4O4/c1-41-25-8-4-7-22-20(25)14-18-16-36(11-12-37(18)22)29-35-28-19(5-3-6-21(28)31)23(15-27(39)40)38(29)24-13-17(30(32,33)34)9-10-26(24)42-2/h3-10,13,18,23H,11-12,14-16H2,1-2H3,(H,39,40). The number of piperazine rings is 1. The van der Waals surface area contributed by atoms with Crippen molar-refractivity contribution in [2.75, 3.05) is 43.7 Å². The Morgan fingerprint density at radius 1 is 1.02 bits per heavy atom. The van der Waals surface area contributed by atoms with Crippen LogP contribution < -0.4 is 19.3 Å². The van der Waals surface area contributed by atoms with Crippen molar-refractivity contribution in [3.8, 4) is 11.5 Å². The second kappa shape index (κ2) is 10.4. The fourth-order valence-electron chi connectivity index (χ4n) is 6.26. The monoisotopic (exact) mass is 584 g/mol. The maximum absolute atomic E-state index is 15.2. The predicted octanol–water partition coefficient (Wildman–Crippen LogP) is 5.63. The molecule has 0 aliphatic carbocycles. The Kier molecular flexibility index (Phi) is 6.86. The van der Waals surface area contributed by atoms with Crippen LogP contribution in [0.3, 0.4) is 0 Å². The first-order valence-electron chi connectivity index (χ1n) is 13.4. The summed E-state index contributed by atoms with van der Waals surface area (Å²) < 4.78 is 68.0. The number of aliphatic carboxylic acids is 1. The summed E-state index contributed by atoms with van der Waals surface area (Å²) in [6, 6.07) is 12.0. The number of ether oxygens (including phenoxy) is 2. The Morgan fingerprint density at radius 2 is 1.79 bits per heavy atom. The van der Waals surface area contributed by atoms with Crippen molar-refractivity contribution in [2.45, 2.75) is 31.1 Å². The van der Waals surface area contributed by atoms with E-state index in [4.69, 9.17) is 9.47 Å². The number of hydrogen-bond acceptors (Lipinski definition) is 7. The molecule has 0 amide bonds. The van der Waals surface area contributed by atoms with Crippen molar-refractivity contribution in [2.24, 2.45) is 4.99 Å². The highest BCUT2D eigenvalue weighted by molar-refractivity contribution is 6.02. The zero-order valence-electron chi connectivity index (χ0n) is 22.9. The lowest BCUT2D eigenvalue weighted by Gasteiger charge is -2.46. The average molecular weight is 585 g/mol. The van der Waals surface area contributed by atoms with Crippen LogP contribution in [0.15, 0.2) is 59.6 Å². The normalized spacial score (nSPS) is 19.6. The van der Waals surface area contributed by atoms with Crippen molar-refractivity contribution >= 4 is 29.0 Å². The molecule has 42 heavy (non-hydrogen) atoms. The molecule has 12 heteroatoms. The van der Waals surface area contributed by atoms with Crippen LogP contribution in [0.25, 0.3) is 0 Å². The Morgan fingerprint density at radius 3 is 2.50 bits per heavy atom. The summed E-state index contributed by atoms with van der Waals surface area (Å²) in [5.74, 6) is -0.804. The van der Waals surface area contributed by atoms with Crippen LogP contribution in [0.2, 0.25) is 0 Å². The van der Waals surface area contributed by atoms with Gasteiger partial charge in [0.2, 0.25) is 5.96 Å². The fraction of sp³-hybridized carbons (Fsp3) is 0.333. The Bertz CT molecular complexity index is 1580. The number of carboxylic acids is 1. The number of carbonyl (C=O) groups is 1. The van der Waals surface area contributed by atoms with Gasteiger partial charge in [-0.2, -0.15) is 13.2 Å². The minimum atomic E-state index is -4.67. The lowest BCUT2D eigenvalue weighted by atomic mass is 9.96. The van der Waals surface area contributed by atoms with Crippen LogP contribution in [0.4, 0.5) is 34.6 Å². The number of carboxylic acid groups (broad SMARTS) is 1. The van der Waals surface area contributed by atoms with E-state index in [1.165, 1.54) is 30.2 Å². The van der Waals surface area contributed by atoms with E-state index < -0.39 is 36.0 Å². The summed E-state index contributed by atoms with van der Waals surface area (Å²) in [5.41, 5.74) is 1.41. The third-order valence-electron chi connectivity index (χ3n) is 8.09. The predicted molar refractivity (Wildman–Crippen MR) is 148 cm³/mol. The van der Waals surface area contributed by atoms with E-state index in [1.807, 2.05) is 23.1 Å². The number of alkyl halides is 3. The molecule has 0 saturated carbocycles. The lowest BCUT2D eigenvalue weighted by Crippen LogP contribution is -2.58. The third kappa shape index (κ3) is 4.64. The van der Waals surface area contributed by atoms with Gasteiger partial charge >= 0.3 is 12.1 Å². The van der Waals surface area contributed by atoms with Gasteiger partial charge in [-0.3, -0.25) is 4.79 Å². The summed E-state index contributed by atoms with van der Waals surface area (Å²) in [5, 5.41) is 9.90. The summed E-state index contributed by atoms with van der Waals surface area (Å²) in [6.45, 7) is 1.39. The first-order valence-corrected chi connectivity index (χ1v) is 13.4. The molecule has 1 fully saturated rings. The first-order chi connectivity index (χ1) is 20.1. The number of methoxy groups -OCH3 is 2. The summed E-state index contributed by atoms with van der Waals surface area (Å²) in [4.78, 5) is 22.4. The van der Waals surface area contributed by atoms with Crippen molar-refractivity contribution in [3.05, 3.63) is 77.1 Å². The first kappa shape index (κ1) is 27.7. The number of rotatable bonds is 5. The zero-order valence-corrected chi connectivity index (χ0v) is 22.9. The SMILES string of the molecule is COc1ccc(C(F)(F)F)cc1N1C(N2CCN3c4cccc(OC)c4CC3C2)=Nc2c(F)cccc2C1CC(=O)O. The van der Waals surface area contributed by atoms with Crippen LogP contribution in [-0.4, -0.2) is 61.8 Å². The highest BCUT2D eigenvalue weighted by atomic mass is 19.4. The van der Waals surface area contributed by atoms with Crippen LogP contribution in [0, 0.1) is 5.82 Å². The number of anilines is 2. The molecule has 8 nitrogen and oxygen atoms in total. The van der Waals surface area contributed by atoms with Crippen molar-refractivity contribution in [3.63, 3.8) is 0 Å². The number of aliphatic imine (C=N–C) groups is 1. The van der Waals surface area contributed by atoms with Gasteiger partial charge in [-0.05, 0) is 36.4 Å². The van der Waals surface area contributed by atoms with E-state index in [1.54, 1.807) is 13.2 Å². The molecule has 0 radical (unpaired) electrons.